The Morgan fingerprint density at radius 2 is 2.50 bits per heavy atom. The summed E-state index contributed by atoms with van der Waals surface area (Å²) < 4.78 is 5.30. The molecule has 0 bridgehead atoms. The average molecular weight is 346 g/mol. The van der Waals surface area contributed by atoms with Crippen LogP contribution in [-0.2, 0) is 14.3 Å². The van der Waals surface area contributed by atoms with Crippen LogP contribution in [0.5, 0.6) is 0 Å². The lowest BCUT2D eigenvalue weighted by Gasteiger charge is -2.29. The highest BCUT2D eigenvalue weighted by Crippen LogP contribution is 2.47. The monoisotopic (exact) mass is 346 g/mol. The van der Waals surface area contributed by atoms with Crippen LogP contribution in [0, 0.1) is 11.3 Å². The number of fused-ring (bicyclic) bond motifs is 1. The normalized spacial score (nSPS) is 25.2. The first kappa shape index (κ1) is 16.6. The molecule has 2 saturated heterocycles. The van der Waals surface area contributed by atoms with Crippen molar-refractivity contribution in [1.82, 2.24) is 9.88 Å². The van der Waals surface area contributed by atoms with E-state index in [0.717, 1.165) is 6.42 Å². The van der Waals surface area contributed by atoms with Crippen molar-refractivity contribution in [3.8, 4) is 6.07 Å². The zero-order chi connectivity index (χ0) is 17.2. The van der Waals surface area contributed by atoms with Crippen LogP contribution in [0.4, 0.5) is 5.82 Å². The standard InChI is InChI=1S/C16H18N4O3S/c1-16-5-4-13(21)20(16)12(10-24-16)15(22)23-8-7-19-14-11(9-17)3-2-6-18-14/h2-3,6,12H,4-5,7-8,10H2,1H3,(H,18,19)/t12-,16-/m1/s1. The number of carbonyl (C=O) groups is 2. The van der Waals surface area contributed by atoms with E-state index in [1.54, 1.807) is 35.0 Å². The van der Waals surface area contributed by atoms with Crippen molar-refractivity contribution in [2.45, 2.75) is 30.7 Å². The predicted octanol–water partition coefficient (Wildman–Crippen LogP) is 1.36. The van der Waals surface area contributed by atoms with E-state index in [2.05, 4.69) is 10.3 Å². The molecule has 0 spiro atoms. The van der Waals surface area contributed by atoms with E-state index in [1.807, 2.05) is 13.0 Å². The predicted molar refractivity (Wildman–Crippen MR) is 89.1 cm³/mol. The minimum Gasteiger partial charge on any atom is -0.462 e. The minimum absolute atomic E-state index is 0.0229. The summed E-state index contributed by atoms with van der Waals surface area (Å²) in [5.41, 5.74) is 0.439. The largest absolute Gasteiger partial charge is 0.462 e. The fourth-order valence-corrected chi connectivity index (χ4v) is 4.47. The molecule has 0 aromatic carbocycles. The molecule has 0 saturated carbocycles. The van der Waals surface area contributed by atoms with E-state index in [1.165, 1.54) is 0 Å². The van der Waals surface area contributed by atoms with Gasteiger partial charge in [0.15, 0.2) is 0 Å². The second kappa shape index (κ2) is 6.69. The third kappa shape index (κ3) is 3.04. The summed E-state index contributed by atoms with van der Waals surface area (Å²) in [5, 5.41) is 12.0. The van der Waals surface area contributed by atoms with Gasteiger partial charge in [0, 0.05) is 18.4 Å². The van der Waals surface area contributed by atoms with E-state index < -0.39 is 6.04 Å². The lowest BCUT2D eigenvalue weighted by molar-refractivity contribution is -0.153. The summed E-state index contributed by atoms with van der Waals surface area (Å²) in [4.78, 5) is 29.8. The number of rotatable bonds is 5. The Bertz CT molecular complexity index is 705. The molecule has 2 atom stereocenters. The van der Waals surface area contributed by atoms with Crippen LogP contribution in [0.15, 0.2) is 18.3 Å². The Kier molecular flexibility index (Phi) is 4.62. The lowest BCUT2D eigenvalue weighted by atomic mass is 10.2. The van der Waals surface area contributed by atoms with Gasteiger partial charge in [-0.15, -0.1) is 11.8 Å². The summed E-state index contributed by atoms with van der Waals surface area (Å²) in [6.45, 7) is 2.50. The molecule has 2 aliphatic rings. The summed E-state index contributed by atoms with van der Waals surface area (Å²) in [6.07, 6.45) is 2.86. The molecule has 3 heterocycles. The highest BCUT2D eigenvalue weighted by Gasteiger charge is 2.53. The number of nitrogens with one attached hydrogen (secondary N) is 1. The average Bonchev–Trinajstić information content (AvgIpc) is 3.08. The first-order valence-corrected chi connectivity index (χ1v) is 8.75. The molecule has 1 N–H and O–H groups in total. The topological polar surface area (TPSA) is 95.3 Å². The molecule has 8 heteroatoms. The molecular weight excluding hydrogens is 328 g/mol. The first-order chi connectivity index (χ1) is 11.5. The summed E-state index contributed by atoms with van der Waals surface area (Å²) in [5.74, 6) is 0.696. The molecule has 1 aromatic heterocycles. The Labute approximate surface area is 144 Å². The number of ether oxygens (including phenoxy) is 1. The number of nitrogens with zero attached hydrogens (tertiary/aromatic N) is 3. The first-order valence-electron chi connectivity index (χ1n) is 7.77. The Hall–Kier alpha value is -2.27. The van der Waals surface area contributed by atoms with E-state index in [-0.39, 0.29) is 23.4 Å². The van der Waals surface area contributed by atoms with Crippen molar-refractivity contribution in [2.75, 3.05) is 24.2 Å². The Morgan fingerprint density at radius 1 is 1.67 bits per heavy atom. The molecule has 1 aromatic rings. The van der Waals surface area contributed by atoms with Crippen molar-refractivity contribution in [3.05, 3.63) is 23.9 Å². The molecular formula is C16H18N4O3S. The number of thioether (sulfide) groups is 1. The molecule has 1 amide bonds. The smallest absolute Gasteiger partial charge is 0.329 e. The SMILES string of the molecule is C[C@@]12CCC(=O)N1[C@@H](C(=O)OCCNc1ncccc1C#N)CS2. The van der Waals surface area contributed by atoms with Crippen molar-refractivity contribution in [2.24, 2.45) is 0 Å². The second-order valence-corrected chi connectivity index (χ2v) is 7.37. The molecule has 126 valence electrons. The maximum atomic E-state index is 12.3. The van der Waals surface area contributed by atoms with Crippen LogP contribution >= 0.6 is 11.8 Å². The van der Waals surface area contributed by atoms with Crippen LogP contribution < -0.4 is 5.32 Å². The number of anilines is 1. The van der Waals surface area contributed by atoms with Crippen molar-refractivity contribution < 1.29 is 14.3 Å². The number of pyridine rings is 1. The highest BCUT2D eigenvalue weighted by molar-refractivity contribution is 8.01. The van der Waals surface area contributed by atoms with Gasteiger partial charge in [-0.05, 0) is 25.5 Å². The van der Waals surface area contributed by atoms with Crippen LogP contribution in [0.3, 0.4) is 0 Å². The number of hydrogen-bond donors (Lipinski definition) is 1. The summed E-state index contributed by atoms with van der Waals surface area (Å²) >= 11 is 1.64. The maximum Gasteiger partial charge on any atom is 0.329 e. The van der Waals surface area contributed by atoms with Gasteiger partial charge in [0.05, 0.1) is 17.0 Å². The molecule has 2 fully saturated rings. The number of aromatic nitrogens is 1. The quantitative estimate of drug-likeness (QED) is 0.635. The fourth-order valence-electron chi connectivity index (χ4n) is 3.05. The molecule has 3 rings (SSSR count). The number of carbonyl (C=O) groups excluding carboxylic acids is 2. The minimum atomic E-state index is -0.500. The molecule has 0 radical (unpaired) electrons. The third-order valence-corrected chi connectivity index (χ3v) is 5.79. The van der Waals surface area contributed by atoms with Crippen LogP contribution in [0.25, 0.3) is 0 Å². The van der Waals surface area contributed by atoms with Gasteiger partial charge in [-0.3, -0.25) is 4.79 Å². The van der Waals surface area contributed by atoms with E-state index in [4.69, 9.17) is 10.00 Å². The molecule has 24 heavy (non-hydrogen) atoms. The van der Waals surface area contributed by atoms with Gasteiger partial charge < -0.3 is 15.0 Å². The van der Waals surface area contributed by atoms with Gasteiger partial charge in [0.25, 0.3) is 0 Å². The highest BCUT2D eigenvalue weighted by atomic mass is 32.2. The van der Waals surface area contributed by atoms with Gasteiger partial charge in [0.1, 0.15) is 24.5 Å². The fraction of sp³-hybridized carbons (Fsp3) is 0.500. The summed E-state index contributed by atoms with van der Waals surface area (Å²) in [7, 11) is 0. The van der Waals surface area contributed by atoms with E-state index >= 15 is 0 Å². The van der Waals surface area contributed by atoms with E-state index in [0.29, 0.717) is 30.1 Å². The number of esters is 1. The van der Waals surface area contributed by atoms with Crippen LogP contribution in [0.1, 0.15) is 25.3 Å². The van der Waals surface area contributed by atoms with E-state index in [9.17, 15) is 9.59 Å². The molecule has 2 aliphatic heterocycles. The zero-order valence-electron chi connectivity index (χ0n) is 13.3. The van der Waals surface area contributed by atoms with Gasteiger partial charge in [-0.25, -0.2) is 9.78 Å². The molecule has 7 nitrogen and oxygen atoms in total. The third-order valence-electron chi connectivity index (χ3n) is 4.28. The Morgan fingerprint density at radius 3 is 3.29 bits per heavy atom. The van der Waals surface area contributed by atoms with Gasteiger partial charge in [-0.1, -0.05) is 0 Å². The number of amides is 1. The maximum absolute atomic E-state index is 12.3. The van der Waals surface area contributed by atoms with Gasteiger partial charge in [0.2, 0.25) is 5.91 Å². The Balaban J connectivity index is 1.50. The second-order valence-electron chi connectivity index (χ2n) is 5.87. The lowest BCUT2D eigenvalue weighted by Crippen LogP contribution is -2.46. The molecule has 0 aliphatic carbocycles. The van der Waals surface area contributed by atoms with Crippen molar-refractivity contribution in [1.29, 1.82) is 5.26 Å². The summed E-state index contributed by atoms with van der Waals surface area (Å²) in [6, 6.07) is 4.89. The van der Waals surface area contributed by atoms with Crippen molar-refractivity contribution in [3.63, 3.8) is 0 Å². The van der Waals surface area contributed by atoms with Crippen LogP contribution in [-0.4, -0.2) is 51.6 Å². The van der Waals surface area contributed by atoms with Gasteiger partial charge >= 0.3 is 5.97 Å². The number of hydrogen-bond acceptors (Lipinski definition) is 7. The zero-order valence-corrected chi connectivity index (χ0v) is 14.1. The molecule has 0 unspecified atom stereocenters. The van der Waals surface area contributed by atoms with Gasteiger partial charge in [-0.2, -0.15) is 5.26 Å². The van der Waals surface area contributed by atoms with Crippen LogP contribution in [0.2, 0.25) is 0 Å². The number of nitriles is 1. The van der Waals surface area contributed by atoms with Crippen molar-refractivity contribution >= 4 is 29.5 Å².